The summed E-state index contributed by atoms with van der Waals surface area (Å²) < 4.78 is 1.63. The fourth-order valence-corrected chi connectivity index (χ4v) is 4.14. The second kappa shape index (κ2) is 5.86. The van der Waals surface area contributed by atoms with Crippen LogP contribution in [0.5, 0.6) is 0 Å². The molecule has 2 aliphatic rings. The second-order valence-corrected chi connectivity index (χ2v) is 6.83. The second-order valence-electron chi connectivity index (χ2n) is 6.83. The maximum absolute atomic E-state index is 13.2. The minimum Gasteiger partial charge on any atom is -0.373 e. The number of nitrogens with one attached hydrogen (secondary N) is 1. The van der Waals surface area contributed by atoms with Gasteiger partial charge in [-0.05, 0) is 50.3 Å². The van der Waals surface area contributed by atoms with Gasteiger partial charge >= 0.3 is 0 Å². The Morgan fingerprint density at radius 3 is 2.80 bits per heavy atom. The molecule has 1 unspecified atom stereocenters. The molecule has 1 fully saturated rings. The van der Waals surface area contributed by atoms with E-state index in [1.54, 1.807) is 10.6 Å². The van der Waals surface area contributed by atoms with E-state index >= 15 is 0 Å². The zero-order chi connectivity index (χ0) is 17.6. The van der Waals surface area contributed by atoms with Crippen molar-refractivity contribution in [1.29, 1.82) is 0 Å². The Bertz CT molecular complexity index is 885. The van der Waals surface area contributed by atoms with Gasteiger partial charge < -0.3 is 5.11 Å². The first-order chi connectivity index (χ1) is 12.0. The van der Waals surface area contributed by atoms with E-state index in [-0.39, 0.29) is 16.8 Å². The van der Waals surface area contributed by atoms with Gasteiger partial charge in [-0.1, -0.05) is 6.42 Å². The Balaban J connectivity index is 1.90. The lowest BCUT2D eigenvalue weighted by Gasteiger charge is -2.35. The molecule has 0 saturated heterocycles. The number of carbonyl (C=O) groups excluding carboxylic acids is 1. The molecular formula is C18H20N4O3. The van der Waals surface area contributed by atoms with Crippen LogP contribution in [0.25, 0.3) is 0 Å². The Morgan fingerprint density at radius 1 is 1.36 bits per heavy atom. The van der Waals surface area contributed by atoms with Gasteiger partial charge in [-0.3, -0.25) is 19.5 Å². The average molecular weight is 340 g/mol. The van der Waals surface area contributed by atoms with Crippen LogP contribution in [0.15, 0.2) is 29.5 Å². The molecule has 0 radical (unpaired) electrons. The van der Waals surface area contributed by atoms with Gasteiger partial charge in [-0.15, -0.1) is 0 Å². The van der Waals surface area contributed by atoms with Gasteiger partial charge in [0.2, 0.25) is 5.78 Å². The van der Waals surface area contributed by atoms with Crippen molar-refractivity contribution in [1.82, 2.24) is 19.9 Å². The highest BCUT2D eigenvalue weighted by molar-refractivity contribution is 6.07. The number of hydrogen-bond acceptors (Lipinski definition) is 6. The SMILES string of the molecule is Cc1cc(C(=O)c2ccncn2)c(=O)n2c1C(O)NC21CCCCC1. The van der Waals surface area contributed by atoms with Crippen molar-refractivity contribution in [2.75, 3.05) is 0 Å². The molecule has 2 N–H and O–H groups in total. The number of hydrogen-bond donors (Lipinski definition) is 2. The molecule has 7 heteroatoms. The summed E-state index contributed by atoms with van der Waals surface area (Å²) in [4.78, 5) is 33.8. The maximum atomic E-state index is 13.2. The zero-order valence-electron chi connectivity index (χ0n) is 14.0. The van der Waals surface area contributed by atoms with Gasteiger partial charge in [-0.2, -0.15) is 0 Å². The van der Waals surface area contributed by atoms with Crippen molar-refractivity contribution in [2.24, 2.45) is 0 Å². The Hall–Kier alpha value is -2.38. The molecule has 3 heterocycles. The smallest absolute Gasteiger partial charge is 0.263 e. The summed E-state index contributed by atoms with van der Waals surface area (Å²) in [5.74, 6) is -0.418. The first kappa shape index (κ1) is 16.1. The number of aromatic nitrogens is 3. The normalized spacial score (nSPS) is 21.3. The average Bonchev–Trinajstić information content (AvgIpc) is 2.91. The third-order valence-corrected chi connectivity index (χ3v) is 5.27. The van der Waals surface area contributed by atoms with Gasteiger partial charge in [0, 0.05) is 6.20 Å². The number of fused-ring (bicyclic) bond motifs is 2. The van der Waals surface area contributed by atoms with E-state index in [2.05, 4.69) is 15.3 Å². The maximum Gasteiger partial charge on any atom is 0.263 e. The fourth-order valence-electron chi connectivity index (χ4n) is 4.14. The summed E-state index contributed by atoms with van der Waals surface area (Å²) in [6, 6.07) is 3.06. The van der Waals surface area contributed by atoms with E-state index in [0.29, 0.717) is 5.69 Å². The van der Waals surface area contributed by atoms with Gasteiger partial charge in [0.25, 0.3) is 5.56 Å². The molecule has 1 aliphatic heterocycles. The summed E-state index contributed by atoms with van der Waals surface area (Å²) in [5, 5.41) is 13.7. The summed E-state index contributed by atoms with van der Waals surface area (Å²) in [5.41, 5.74) is 0.592. The number of rotatable bonds is 2. The molecule has 0 aromatic carbocycles. The number of aliphatic hydroxyl groups is 1. The summed E-state index contributed by atoms with van der Waals surface area (Å²) in [7, 11) is 0. The van der Waals surface area contributed by atoms with Gasteiger partial charge in [-0.25, -0.2) is 9.97 Å². The van der Waals surface area contributed by atoms with Crippen molar-refractivity contribution in [3.05, 3.63) is 57.5 Å². The molecular weight excluding hydrogens is 320 g/mol. The van der Waals surface area contributed by atoms with Crippen LogP contribution in [0.3, 0.4) is 0 Å². The van der Waals surface area contributed by atoms with Crippen molar-refractivity contribution in [3.8, 4) is 0 Å². The summed E-state index contributed by atoms with van der Waals surface area (Å²) >= 11 is 0. The number of carbonyl (C=O) groups is 1. The minimum atomic E-state index is -0.894. The van der Waals surface area contributed by atoms with Crippen molar-refractivity contribution >= 4 is 5.78 Å². The van der Waals surface area contributed by atoms with Crippen molar-refractivity contribution in [2.45, 2.75) is 50.9 Å². The molecule has 7 nitrogen and oxygen atoms in total. The molecule has 2 aromatic rings. The fraction of sp³-hybridized carbons (Fsp3) is 0.444. The number of nitrogens with zero attached hydrogens (tertiary/aromatic N) is 3. The first-order valence-electron chi connectivity index (χ1n) is 8.57. The number of ketones is 1. The number of aliphatic hydroxyl groups excluding tert-OH is 1. The van der Waals surface area contributed by atoms with Gasteiger partial charge in [0.1, 0.15) is 23.9 Å². The largest absolute Gasteiger partial charge is 0.373 e. The van der Waals surface area contributed by atoms with Crippen LogP contribution in [0.4, 0.5) is 0 Å². The predicted octanol–water partition coefficient (Wildman–Crippen LogP) is 1.39. The molecule has 4 rings (SSSR count). The van der Waals surface area contributed by atoms with E-state index in [1.165, 1.54) is 18.6 Å². The van der Waals surface area contributed by atoms with Crippen LogP contribution < -0.4 is 10.9 Å². The molecule has 1 atom stereocenters. The van der Waals surface area contributed by atoms with Crippen LogP contribution >= 0.6 is 0 Å². The molecule has 1 aliphatic carbocycles. The lowest BCUT2D eigenvalue weighted by atomic mass is 9.89. The molecule has 0 amide bonds. The monoisotopic (exact) mass is 340 g/mol. The van der Waals surface area contributed by atoms with Crippen LogP contribution in [0.2, 0.25) is 0 Å². The number of aryl methyl sites for hydroxylation is 1. The van der Waals surface area contributed by atoms with Crippen LogP contribution in [-0.2, 0) is 5.66 Å². The molecule has 1 spiro atoms. The summed E-state index contributed by atoms with van der Waals surface area (Å²) in [6.07, 6.45) is 6.48. The molecule has 130 valence electrons. The molecule has 1 saturated carbocycles. The van der Waals surface area contributed by atoms with E-state index in [0.717, 1.165) is 37.7 Å². The lowest BCUT2D eigenvalue weighted by Crippen LogP contribution is -2.49. The Kier molecular flexibility index (Phi) is 3.77. The van der Waals surface area contributed by atoms with Gasteiger partial charge in [0.05, 0.1) is 11.3 Å². The summed E-state index contributed by atoms with van der Waals surface area (Å²) in [6.45, 7) is 1.81. The highest BCUT2D eigenvalue weighted by Crippen LogP contribution is 2.40. The molecule has 25 heavy (non-hydrogen) atoms. The predicted molar refractivity (Wildman–Crippen MR) is 90.1 cm³/mol. The van der Waals surface area contributed by atoms with Crippen LogP contribution in [0.1, 0.15) is 65.6 Å². The third kappa shape index (κ3) is 2.42. The lowest BCUT2D eigenvalue weighted by molar-refractivity contribution is 0.0784. The van der Waals surface area contributed by atoms with E-state index in [1.807, 2.05) is 6.92 Å². The minimum absolute atomic E-state index is 0.0841. The first-order valence-corrected chi connectivity index (χ1v) is 8.57. The Labute approximate surface area is 144 Å². The van der Waals surface area contributed by atoms with Crippen LogP contribution in [0, 0.1) is 6.92 Å². The Morgan fingerprint density at radius 2 is 2.12 bits per heavy atom. The standard InChI is InChI=1S/C18H20N4O3/c1-11-9-12(15(23)13-5-8-19-10-20-13)17(25)22-14(11)16(24)21-18(22)6-3-2-4-7-18/h5,8-10,16,21,24H,2-4,6-7H2,1H3. The highest BCUT2D eigenvalue weighted by Gasteiger charge is 2.45. The van der Waals surface area contributed by atoms with E-state index in [4.69, 9.17) is 0 Å². The van der Waals surface area contributed by atoms with Crippen molar-refractivity contribution < 1.29 is 9.90 Å². The topological polar surface area (TPSA) is 97.1 Å². The molecule has 2 aromatic heterocycles. The molecule has 0 bridgehead atoms. The quantitative estimate of drug-likeness (QED) is 0.802. The van der Waals surface area contributed by atoms with E-state index < -0.39 is 17.7 Å². The van der Waals surface area contributed by atoms with Crippen molar-refractivity contribution in [3.63, 3.8) is 0 Å². The van der Waals surface area contributed by atoms with E-state index in [9.17, 15) is 14.7 Å². The number of pyridine rings is 1. The highest BCUT2D eigenvalue weighted by atomic mass is 16.3. The van der Waals surface area contributed by atoms with Crippen LogP contribution in [-0.4, -0.2) is 25.4 Å². The third-order valence-electron chi connectivity index (χ3n) is 5.27. The zero-order valence-corrected chi connectivity index (χ0v) is 14.0. The van der Waals surface area contributed by atoms with Gasteiger partial charge in [0.15, 0.2) is 0 Å².